The van der Waals surface area contributed by atoms with Gasteiger partial charge in [0.2, 0.25) is 5.91 Å². The minimum atomic E-state index is -0.479. The van der Waals surface area contributed by atoms with E-state index >= 15 is 0 Å². The molecule has 26 heavy (non-hydrogen) atoms. The van der Waals surface area contributed by atoms with Crippen LogP contribution in [0, 0.1) is 0 Å². The molecular formula is C18H18ClN5OS. The molecule has 0 fully saturated rings. The summed E-state index contributed by atoms with van der Waals surface area (Å²) < 4.78 is 1.49. The van der Waals surface area contributed by atoms with Crippen LogP contribution in [0.4, 0.5) is 0 Å². The zero-order chi connectivity index (χ0) is 18.2. The first-order valence-electron chi connectivity index (χ1n) is 8.15. The second-order valence-corrected chi connectivity index (χ2v) is 7.19. The van der Waals surface area contributed by atoms with Crippen LogP contribution in [-0.4, -0.2) is 38.4 Å². The van der Waals surface area contributed by atoms with Crippen LogP contribution in [0.2, 0.25) is 5.02 Å². The fraction of sp³-hybridized carbons (Fsp3) is 0.222. The molecule has 2 aromatic carbocycles. The lowest BCUT2D eigenvalue weighted by Crippen LogP contribution is -2.35. The Hall–Kier alpha value is -2.38. The number of hydrogen-bond acceptors (Lipinski definition) is 5. The third kappa shape index (κ3) is 5.31. The number of rotatable bonds is 8. The van der Waals surface area contributed by atoms with Crippen LogP contribution in [0.15, 0.2) is 65.8 Å². The topological polar surface area (TPSA) is 72.7 Å². The van der Waals surface area contributed by atoms with Gasteiger partial charge in [0.25, 0.3) is 0 Å². The Labute approximate surface area is 160 Å². The van der Waals surface area contributed by atoms with Gasteiger partial charge in [0.05, 0.1) is 0 Å². The standard InChI is InChI=1S/C18H18ClN5OS/c19-15-6-8-16(9-7-15)26-11-10-20-18(25)17(24-13-21-22-23-24)12-14-4-2-1-3-5-14/h1-9,13,17H,10-12H2,(H,20,25)/t17-/m1/s1. The third-order valence-corrected chi connectivity index (χ3v) is 5.01. The largest absolute Gasteiger partial charge is 0.353 e. The average Bonchev–Trinajstić information content (AvgIpc) is 3.20. The molecule has 3 aromatic rings. The van der Waals surface area contributed by atoms with Crippen molar-refractivity contribution in [3.05, 3.63) is 71.5 Å². The number of benzene rings is 2. The van der Waals surface area contributed by atoms with Crippen LogP contribution in [0.3, 0.4) is 0 Å². The molecule has 0 spiro atoms. The fourth-order valence-corrected chi connectivity index (χ4v) is 3.34. The number of amides is 1. The van der Waals surface area contributed by atoms with Crippen molar-refractivity contribution >= 4 is 29.3 Å². The summed E-state index contributed by atoms with van der Waals surface area (Å²) in [5.74, 6) is 0.666. The van der Waals surface area contributed by atoms with Crippen molar-refractivity contribution in [3.63, 3.8) is 0 Å². The highest BCUT2D eigenvalue weighted by molar-refractivity contribution is 7.99. The SMILES string of the molecule is O=C(NCCSc1ccc(Cl)cc1)[C@@H](Cc1ccccc1)n1cnnn1. The molecule has 0 aliphatic heterocycles. The number of tetrazole rings is 1. The summed E-state index contributed by atoms with van der Waals surface area (Å²) in [5, 5.41) is 14.9. The lowest BCUT2D eigenvalue weighted by Gasteiger charge is -2.16. The first-order valence-corrected chi connectivity index (χ1v) is 9.51. The van der Waals surface area contributed by atoms with Crippen molar-refractivity contribution in [2.75, 3.05) is 12.3 Å². The second-order valence-electron chi connectivity index (χ2n) is 5.59. The second kappa shape index (κ2) is 9.35. The minimum Gasteiger partial charge on any atom is -0.353 e. The molecule has 1 amide bonds. The van der Waals surface area contributed by atoms with Gasteiger partial charge in [-0.2, -0.15) is 0 Å². The van der Waals surface area contributed by atoms with Crippen LogP contribution in [-0.2, 0) is 11.2 Å². The van der Waals surface area contributed by atoms with E-state index in [-0.39, 0.29) is 5.91 Å². The number of thioether (sulfide) groups is 1. The van der Waals surface area contributed by atoms with Crippen LogP contribution in [0.5, 0.6) is 0 Å². The van der Waals surface area contributed by atoms with Gasteiger partial charge in [0.15, 0.2) is 0 Å². The third-order valence-electron chi connectivity index (χ3n) is 3.74. The van der Waals surface area contributed by atoms with Gasteiger partial charge in [-0.3, -0.25) is 4.79 Å². The molecule has 1 N–H and O–H groups in total. The van der Waals surface area contributed by atoms with E-state index in [1.54, 1.807) is 11.8 Å². The Morgan fingerprint density at radius 1 is 1.15 bits per heavy atom. The van der Waals surface area contributed by atoms with Crippen LogP contribution < -0.4 is 5.32 Å². The lowest BCUT2D eigenvalue weighted by atomic mass is 10.1. The monoisotopic (exact) mass is 387 g/mol. The van der Waals surface area contributed by atoms with Gasteiger partial charge in [-0.05, 0) is 40.3 Å². The average molecular weight is 388 g/mol. The lowest BCUT2D eigenvalue weighted by molar-refractivity contribution is -0.124. The van der Waals surface area contributed by atoms with Gasteiger partial charge in [-0.1, -0.05) is 41.9 Å². The summed E-state index contributed by atoms with van der Waals surface area (Å²) in [4.78, 5) is 13.8. The summed E-state index contributed by atoms with van der Waals surface area (Å²) in [6.45, 7) is 0.555. The molecule has 6 nitrogen and oxygen atoms in total. The van der Waals surface area contributed by atoms with E-state index in [0.717, 1.165) is 16.2 Å². The Morgan fingerprint density at radius 3 is 2.62 bits per heavy atom. The van der Waals surface area contributed by atoms with Crippen LogP contribution in [0.25, 0.3) is 0 Å². The maximum absolute atomic E-state index is 12.6. The van der Waals surface area contributed by atoms with Crippen molar-refractivity contribution in [2.45, 2.75) is 17.4 Å². The molecule has 1 atom stereocenters. The summed E-state index contributed by atoms with van der Waals surface area (Å²) in [7, 11) is 0. The van der Waals surface area contributed by atoms with Gasteiger partial charge in [-0.15, -0.1) is 16.9 Å². The normalized spacial score (nSPS) is 11.9. The predicted octanol–water partition coefficient (Wildman–Crippen LogP) is 3.02. The smallest absolute Gasteiger partial charge is 0.245 e. The summed E-state index contributed by atoms with van der Waals surface area (Å²) >= 11 is 7.54. The van der Waals surface area contributed by atoms with Gasteiger partial charge in [-0.25, -0.2) is 4.68 Å². The highest BCUT2D eigenvalue weighted by Gasteiger charge is 2.21. The number of carbonyl (C=O) groups excluding carboxylic acids is 1. The Bertz CT molecular complexity index is 811. The maximum atomic E-state index is 12.6. The highest BCUT2D eigenvalue weighted by Crippen LogP contribution is 2.20. The highest BCUT2D eigenvalue weighted by atomic mass is 35.5. The molecule has 0 saturated carbocycles. The van der Waals surface area contributed by atoms with E-state index in [0.29, 0.717) is 18.0 Å². The zero-order valence-corrected chi connectivity index (χ0v) is 15.5. The molecule has 1 heterocycles. The quantitative estimate of drug-likeness (QED) is 0.475. The maximum Gasteiger partial charge on any atom is 0.245 e. The predicted molar refractivity (Wildman–Crippen MR) is 102 cm³/mol. The van der Waals surface area contributed by atoms with E-state index in [9.17, 15) is 4.79 Å². The molecular weight excluding hydrogens is 370 g/mol. The first-order chi connectivity index (χ1) is 12.7. The van der Waals surface area contributed by atoms with E-state index < -0.39 is 6.04 Å². The van der Waals surface area contributed by atoms with E-state index in [4.69, 9.17) is 11.6 Å². The van der Waals surface area contributed by atoms with Gasteiger partial charge < -0.3 is 5.32 Å². The Morgan fingerprint density at radius 2 is 1.92 bits per heavy atom. The van der Waals surface area contributed by atoms with Gasteiger partial charge in [0, 0.05) is 28.6 Å². The Kier molecular flexibility index (Phi) is 6.62. The molecule has 8 heteroatoms. The summed E-state index contributed by atoms with van der Waals surface area (Å²) in [6.07, 6.45) is 2.00. The first kappa shape index (κ1) is 18.4. The van der Waals surface area contributed by atoms with Gasteiger partial charge >= 0.3 is 0 Å². The number of halogens is 1. The van der Waals surface area contributed by atoms with E-state index in [2.05, 4.69) is 20.8 Å². The number of nitrogens with zero attached hydrogens (tertiary/aromatic N) is 4. The van der Waals surface area contributed by atoms with Crippen LogP contribution in [0.1, 0.15) is 11.6 Å². The fourth-order valence-electron chi connectivity index (χ4n) is 2.45. The molecule has 0 bridgehead atoms. The number of carbonyl (C=O) groups is 1. The molecule has 0 saturated heterocycles. The van der Waals surface area contributed by atoms with Crippen molar-refractivity contribution in [2.24, 2.45) is 0 Å². The molecule has 0 aliphatic rings. The number of hydrogen-bond donors (Lipinski definition) is 1. The molecule has 0 aliphatic carbocycles. The van der Waals surface area contributed by atoms with Crippen LogP contribution >= 0.6 is 23.4 Å². The molecule has 134 valence electrons. The Balaban J connectivity index is 1.54. The molecule has 0 unspecified atom stereocenters. The zero-order valence-electron chi connectivity index (χ0n) is 14.0. The van der Waals surface area contributed by atoms with Crippen molar-refractivity contribution in [1.82, 2.24) is 25.5 Å². The summed E-state index contributed by atoms with van der Waals surface area (Å²) in [6, 6.07) is 17.0. The molecule has 3 rings (SSSR count). The van der Waals surface area contributed by atoms with E-state index in [1.807, 2.05) is 54.6 Å². The number of aromatic nitrogens is 4. The molecule has 0 radical (unpaired) electrons. The number of nitrogens with one attached hydrogen (secondary N) is 1. The van der Waals surface area contributed by atoms with Crippen molar-refractivity contribution in [3.8, 4) is 0 Å². The van der Waals surface area contributed by atoms with Crippen molar-refractivity contribution in [1.29, 1.82) is 0 Å². The van der Waals surface area contributed by atoms with E-state index in [1.165, 1.54) is 11.0 Å². The van der Waals surface area contributed by atoms with Gasteiger partial charge in [0.1, 0.15) is 12.4 Å². The molecule has 1 aromatic heterocycles. The minimum absolute atomic E-state index is 0.0992. The summed E-state index contributed by atoms with van der Waals surface area (Å²) in [5.41, 5.74) is 1.05. The van der Waals surface area contributed by atoms with Crippen molar-refractivity contribution < 1.29 is 4.79 Å².